The molecule has 0 spiro atoms. The maximum Gasteiger partial charge on any atom is 0.249 e. The molecule has 0 saturated heterocycles. The van der Waals surface area contributed by atoms with Crippen LogP contribution in [0.4, 0.5) is 36.3 Å². The van der Waals surface area contributed by atoms with Crippen molar-refractivity contribution in [2.24, 2.45) is 0 Å². The molecule has 0 bridgehead atoms. The number of anilines is 4. The van der Waals surface area contributed by atoms with Crippen LogP contribution in [0.1, 0.15) is 5.56 Å². The van der Waals surface area contributed by atoms with Crippen molar-refractivity contribution < 1.29 is 13.2 Å². The van der Waals surface area contributed by atoms with E-state index < -0.39 is 17.5 Å². The number of nitrogens with one attached hydrogen (secondary N) is 2. The SMILES string of the molecule is Cc1ccc(Nc2cnnc(Nc3ccc(F)c(F)c3F)n2)cc1. The minimum absolute atomic E-state index is 0.0583. The molecule has 122 valence electrons. The molecule has 3 aromatic rings. The van der Waals surface area contributed by atoms with Gasteiger partial charge in [0.25, 0.3) is 0 Å². The van der Waals surface area contributed by atoms with Gasteiger partial charge in [0.1, 0.15) is 0 Å². The molecule has 0 amide bonds. The Morgan fingerprint density at radius 1 is 0.875 bits per heavy atom. The first kappa shape index (κ1) is 15.7. The van der Waals surface area contributed by atoms with E-state index in [9.17, 15) is 13.2 Å². The van der Waals surface area contributed by atoms with E-state index >= 15 is 0 Å². The summed E-state index contributed by atoms with van der Waals surface area (Å²) in [6.07, 6.45) is 1.38. The predicted molar refractivity (Wildman–Crippen MR) is 83.9 cm³/mol. The number of hydrogen-bond acceptors (Lipinski definition) is 5. The zero-order valence-corrected chi connectivity index (χ0v) is 12.5. The van der Waals surface area contributed by atoms with Crippen LogP contribution in [0.2, 0.25) is 0 Å². The van der Waals surface area contributed by atoms with Gasteiger partial charge in [0.15, 0.2) is 23.3 Å². The molecular weight excluding hydrogens is 319 g/mol. The first-order valence-electron chi connectivity index (χ1n) is 6.97. The molecule has 2 aromatic carbocycles. The van der Waals surface area contributed by atoms with Gasteiger partial charge in [-0.1, -0.05) is 17.7 Å². The third kappa shape index (κ3) is 3.43. The second-order valence-electron chi connectivity index (χ2n) is 5.00. The molecule has 24 heavy (non-hydrogen) atoms. The quantitative estimate of drug-likeness (QED) is 0.705. The van der Waals surface area contributed by atoms with E-state index in [4.69, 9.17) is 0 Å². The molecule has 1 heterocycles. The third-order valence-electron chi connectivity index (χ3n) is 3.16. The van der Waals surface area contributed by atoms with Gasteiger partial charge in [-0.05, 0) is 31.2 Å². The van der Waals surface area contributed by atoms with Crippen molar-refractivity contribution in [2.45, 2.75) is 6.92 Å². The van der Waals surface area contributed by atoms with Gasteiger partial charge < -0.3 is 10.6 Å². The molecule has 0 fully saturated rings. The Bertz CT molecular complexity index is 868. The number of benzene rings is 2. The summed E-state index contributed by atoms with van der Waals surface area (Å²) in [7, 11) is 0. The van der Waals surface area contributed by atoms with Crippen LogP contribution >= 0.6 is 0 Å². The maximum atomic E-state index is 13.7. The summed E-state index contributed by atoms with van der Waals surface area (Å²) in [6.45, 7) is 1.97. The van der Waals surface area contributed by atoms with Gasteiger partial charge in [0.2, 0.25) is 5.95 Å². The van der Waals surface area contributed by atoms with Crippen molar-refractivity contribution in [3.05, 3.63) is 65.6 Å². The summed E-state index contributed by atoms with van der Waals surface area (Å²) >= 11 is 0. The Labute approximate surface area is 135 Å². The highest BCUT2D eigenvalue weighted by Crippen LogP contribution is 2.22. The van der Waals surface area contributed by atoms with Gasteiger partial charge in [-0.15, -0.1) is 5.10 Å². The zero-order valence-electron chi connectivity index (χ0n) is 12.5. The van der Waals surface area contributed by atoms with Gasteiger partial charge in [0.05, 0.1) is 11.9 Å². The zero-order chi connectivity index (χ0) is 17.1. The van der Waals surface area contributed by atoms with Crippen molar-refractivity contribution in [1.29, 1.82) is 0 Å². The monoisotopic (exact) mass is 331 g/mol. The second kappa shape index (κ2) is 6.53. The van der Waals surface area contributed by atoms with E-state index in [2.05, 4.69) is 25.8 Å². The Balaban J connectivity index is 1.80. The molecule has 0 atom stereocenters. The fraction of sp³-hybridized carbons (Fsp3) is 0.0625. The lowest BCUT2D eigenvalue weighted by molar-refractivity contribution is 0.449. The molecule has 5 nitrogen and oxygen atoms in total. The van der Waals surface area contributed by atoms with Crippen LogP contribution in [0.3, 0.4) is 0 Å². The summed E-state index contributed by atoms with van der Waals surface area (Å²) in [5, 5.41) is 12.9. The molecule has 0 aliphatic carbocycles. The van der Waals surface area contributed by atoms with Crippen LogP contribution < -0.4 is 10.6 Å². The summed E-state index contributed by atoms with van der Waals surface area (Å²) in [5.74, 6) is -3.89. The fourth-order valence-electron chi connectivity index (χ4n) is 1.94. The Kier molecular flexibility index (Phi) is 4.28. The van der Waals surface area contributed by atoms with Crippen LogP contribution in [0.25, 0.3) is 0 Å². The molecule has 3 rings (SSSR count). The number of aryl methyl sites for hydroxylation is 1. The van der Waals surface area contributed by atoms with E-state index in [1.54, 1.807) is 0 Å². The van der Waals surface area contributed by atoms with Crippen LogP contribution in [-0.4, -0.2) is 15.2 Å². The molecule has 0 aliphatic heterocycles. The van der Waals surface area contributed by atoms with E-state index in [0.717, 1.165) is 23.4 Å². The first-order valence-corrected chi connectivity index (χ1v) is 6.97. The first-order chi connectivity index (χ1) is 11.5. The largest absolute Gasteiger partial charge is 0.339 e. The van der Waals surface area contributed by atoms with E-state index in [-0.39, 0.29) is 11.6 Å². The van der Waals surface area contributed by atoms with Gasteiger partial charge in [-0.25, -0.2) is 13.2 Å². The van der Waals surface area contributed by atoms with Crippen molar-refractivity contribution in [2.75, 3.05) is 10.6 Å². The summed E-state index contributed by atoms with van der Waals surface area (Å²) in [4.78, 5) is 4.10. The number of hydrogen-bond donors (Lipinski definition) is 2. The van der Waals surface area contributed by atoms with Crippen LogP contribution in [0, 0.1) is 24.4 Å². The van der Waals surface area contributed by atoms with E-state index in [0.29, 0.717) is 5.82 Å². The molecule has 8 heteroatoms. The number of rotatable bonds is 4. The highest BCUT2D eigenvalue weighted by Gasteiger charge is 2.14. The molecular formula is C16H12F3N5. The standard InChI is InChI=1S/C16H12F3N5/c1-9-2-4-10(5-3-9)21-13-8-20-24-16(23-13)22-12-7-6-11(17)14(18)15(12)19/h2-8H,1H3,(H2,21,22,23,24). The summed E-state index contributed by atoms with van der Waals surface area (Å²) < 4.78 is 39.8. The van der Waals surface area contributed by atoms with Crippen molar-refractivity contribution in [1.82, 2.24) is 15.2 Å². The van der Waals surface area contributed by atoms with Crippen LogP contribution in [0.5, 0.6) is 0 Å². The van der Waals surface area contributed by atoms with E-state index in [1.807, 2.05) is 31.2 Å². The van der Waals surface area contributed by atoms with Crippen LogP contribution in [0.15, 0.2) is 42.6 Å². The Morgan fingerprint density at radius 3 is 2.38 bits per heavy atom. The highest BCUT2D eigenvalue weighted by atomic mass is 19.2. The summed E-state index contributed by atoms with van der Waals surface area (Å²) in [5.41, 5.74) is 1.60. The lowest BCUT2D eigenvalue weighted by atomic mass is 10.2. The topological polar surface area (TPSA) is 62.7 Å². The van der Waals surface area contributed by atoms with Crippen molar-refractivity contribution in [3.8, 4) is 0 Å². The second-order valence-corrected chi connectivity index (χ2v) is 5.00. The van der Waals surface area contributed by atoms with Gasteiger partial charge in [-0.2, -0.15) is 10.1 Å². The average Bonchev–Trinajstić information content (AvgIpc) is 2.58. The molecule has 1 aromatic heterocycles. The van der Waals surface area contributed by atoms with Crippen LogP contribution in [-0.2, 0) is 0 Å². The predicted octanol–water partition coefficient (Wildman–Crippen LogP) is 4.08. The highest BCUT2D eigenvalue weighted by molar-refractivity contribution is 5.59. The number of nitrogens with zero attached hydrogens (tertiary/aromatic N) is 3. The third-order valence-corrected chi connectivity index (χ3v) is 3.16. The lowest BCUT2D eigenvalue weighted by Crippen LogP contribution is -2.05. The minimum atomic E-state index is -1.57. The Morgan fingerprint density at radius 2 is 1.62 bits per heavy atom. The lowest BCUT2D eigenvalue weighted by Gasteiger charge is -2.09. The smallest absolute Gasteiger partial charge is 0.249 e. The van der Waals surface area contributed by atoms with Crippen molar-refractivity contribution in [3.63, 3.8) is 0 Å². The summed E-state index contributed by atoms with van der Waals surface area (Å²) in [6, 6.07) is 9.43. The molecule has 0 saturated carbocycles. The minimum Gasteiger partial charge on any atom is -0.339 e. The maximum absolute atomic E-state index is 13.7. The van der Waals surface area contributed by atoms with Gasteiger partial charge >= 0.3 is 0 Å². The Hall–Kier alpha value is -3.16. The number of aromatic nitrogens is 3. The van der Waals surface area contributed by atoms with Gasteiger partial charge in [-0.3, -0.25) is 0 Å². The van der Waals surface area contributed by atoms with Gasteiger partial charge in [0, 0.05) is 5.69 Å². The van der Waals surface area contributed by atoms with E-state index in [1.165, 1.54) is 6.20 Å². The molecule has 2 N–H and O–H groups in total. The average molecular weight is 331 g/mol. The normalized spacial score (nSPS) is 10.5. The fourth-order valence-corrected chi connectivity index (χ4v) is 1.94. The molecule has 0 radical (unpaired) electrons. The molecule has 0 unspecified atom stereocenters. The number of halogens is 3. The molecule has 0 aliphatic rings. The van der Waals surface area contributed by atoms with Crippen molar-refractivity contribution >= 4 is 23.1 Å².